The third-order valence-corrected chi connectivity index (χ3v) is 1.85. The van der Waals surface area contributed by atoms with Crippen molar-refractivity contribution >= 4 is 16.7 Å². The zero-order chi connectivity index (χ0) is 9.26. The van der Waals surface area contributed by atoms with Crippen LogP contribution in [0.4, 0.5) is 0 Å². The molecule has 0 amide bonds. The zero-order valence-electron chi connectivity index (χ0n) is 7.10. The van der Waals surface area contributed by atoms with Crippen LogP contribution < -0.4 is 0 Å². The fourth-order valence-corrected chi connectivity index (χ4v) is 1.20. The van der Waals surface area contributed by atoms with Gasteiger partial charge in [-0.2, -0.15) is 0 Å². The Bertz CT molecular complexity index is 470. The van der Waals surface area contributed by atoms with Gasteiger partial charge in [0.2, 0.25) is 0 Å². The van der Waals surface area contributed by atoms with Crippen molar-refractivity contribution in [2.24, 2.45) is 0 Å². The first-order chi connectivity index (χ1) is 6.27. The van der Waals surface area contributed by atoms with Gasteiger partial charge in [-0.25, -0.2) is 9.78 Å². The summed E-state index contributed by atoms with van der Waals surface area (Å²) < 4.78 is 0. The molecule has 73 valence electrons. The molecule has 1 aromatic carbocycles. The summed E-state index contributed by atoms with van der Waals surface area (Å²) in [7, 11) is 0. The standard InChI is InChI=1S/C10H7NO2.Ir/c12-10(13)9-5-7-3-1-2-4-8(7)6-11-9;/h1-6H,(H,12,13);. The van der Waals surface area contributed by atoms with Crippen LogP contribution >= 0.6 is 0 Å². The quantitative estimate of drug-likeness (QED) is 0.840. The fraction of sp³-hybridized carbons (Fsp3) is 0. The summed E-state index contributed by atoms with van der Waals surface area (Å²) in [5, 5.41) is 10.5. The first-order valence-corrected chi connectivity index (χ1v) is 3.85. The summed E-state index contributed by atoms with van der Waals surface area (Å²) in [5.74, 6) is -0.995. The molecule has 0 fully saturated rings. The topological polar surface area (TPSA) is 50.2 Å². The van der Waals surface area contributed by atoms with Crippen LogP contribution in [0.15, 0.2) is 36.5 Å². The Morgan fingerprint density at radius 1 is 1.21 bits per heavy atom. The number of carbonyl (C=O) groups is 1. The second kappa shape index (κ2) is 4.31. The summed E-state index contributed by atoms with van der Waals surface area (Å²) in [5.41, 5.74) is 0.0821. The second-order valence-corrected chi connectivity index (χ2v) is 2.72. The molecule has 1 N–H and O–H groups in total. The normalized spacial score (nSPS) is 9.43. The third kappa shape index (κ3) is 1.97. The van der Waals surface area contributed by atoms with Crippen LogP contribution in [0.3, 0.4) is 0 Å². The van der Waals surface area contributed by atoms with E-state index in [1.54, 1.807) is 12.3 Å². The van der Waals surface area contributed by atoms with E-state index in [1.807, 2.05) is 24.3 Å². The van der Waals surface area contributed by atoms with E-state index in [1.165, 1.54) is 0 Å². The predicted octanol–water partition coefficient (Wildman–Crippen LogP) is 1.93. The van der Waals surface area contributed by atoms with Crippen LogP contribution in [0.25, 0.3) is 10.8 Å². The van der Waals surface area contributed by atoms with Gasteiger partial charge < -0.3 is 5.11 Å². The van der Waals surface area contributed by atoms with E-state index in [-0.39, 0.29) is 25.8 Å². The van der Waals surface area contributed by atoms with Crippen LogP contribution in [0, 0.1) is 0 Å². The Morgan fingerprint density at radius 2 is 1.86 bits per heavy atom. The average Bonchev–Trinajstić information content (AvgIpc) is 2.17. The summed E-state index contributed by atoms with van der Waals surface area (Å²) in [6, 6.07) is 9.09. The number of pyridine rings is 1. The van der Waals surface area contributed by atoms with Crippen molar-refractivity contribution in [1.29, 1.82) is 0 Å². The van der Waals surface area contributed by atoms with Gasteiger partial charge in [-0.3, -0.25) is 0 Å². The van der Waals surface area contributed by atoms with Crippen LogP contribution in [0.5, 0.6) is 0 Å². The van der Waals surface area contributed by atoms with Gasteiger partial charge in [0.15, 0.2) is 0 Å². The molecular formula is C10H7IrNO2. The number of nitrogens with zero attached hydrogens (tertiary/aromatic N) is 1. The minimum absolute atomic E-state index is 0. The first-order valence-electron chi connectivity index (χ1n) is 3.85. The van der Waals surface area contributed by atoms with E-state index in [9.17, 15) is 4.79 Å². The van der Waals surface area contributed by atoms with E-state index < -0.39 is 5.97 Å². The second-order valence-electron chi connectivity index (χ2n) is 2.72. The Kier molecular flexibility index (Phi) is 3.33. The van der Waals surface area contributed by atoms with Crippen LogP contribution in [-0.2, 0) is 20.1 Å². The molecule has 3 nitrogen and oxygen atoms in total. The van der Waals surface area contributed by atoms with E-state index in [0.29, 0.717) is 0 Å². The number of hydrogen-bond donors (Lipinski definition) is 1. The minimum atomic E-state index is -0.995. The molecule has 4 heteroatoms. The number of carboxylic acid groups (broad SMARTS) is 1. The van der Waals surface area contributed by atoms with Crippen molar-refractivity contribution in [2.45, 2.75) is 0 Å². The molecule has 1 heterocycles. The SMILES string of the molecule is O=C(O)c1cc2ccccc2cn1.[Ir]. The maximum absolute atomic E-state index is 10.6. The van der Waals surface area contributed by atoms with E-state index in [0.717, 1.165) is 10.8 Å². The van der Waals surface area contributed by atoms with Gasteiger partial charge in [-0.15, -0.1) is 0 Å². The molecule has 0 atom stereocenters. The molecule has 0 saturated heterocycles. The number of carboxylic acids is 1. The smallest absolute Gasteiger partial charge is 0.354 e. The van der Waals surface area contributed by atoms with Gasteiger partial charge in [0.05, 0.1) is 0 Å². The van der Waals surface area contributed by atoms with Crippen LogP contribution in [0.2, 0.25) is 0 Å². The van der Waals surface area contributed by atoms with Crippen LogP contribution in [0.1, 0.15) is 10.5 Å². The Balaban J connectivity index is 0.000000980. The fourth-order valence-electron chi connectivity index (χ4n) is 1.20. The summed E-state index contributed by atoms with van der Waals surface area (Å²) in [6.07, 6.45) is 1.57. The largest absolute Gasteiger partial charge is 0.477 e. The monoisotopic (exact) mass is 366 g/mol. The van der Waals surface area contributed by atoms with Gasteiger partial charge in [-0.1, -0.05) is 24.3 Å². The minimum Gasteiger partial charge on any atom is -0.477 e. The van der Waals surface area contributed by atoms with Gasteiger partial charge in [-0.05, 0) is 11.5 Å². The molecule has 0 aliphatic carbocycles. The van der Waals surface area contributed by atoms with Gasteiger partial charge in [0, 0.05) is 31.7 Å². The molecule has 0 spiro atoms. The average molecular weight is 365 g/mol. The van der Waals surface area contributed by atoms with Crippen molar-refractivity contribution in [3.05, 3.63) is 42.2 Å². The number of rotatable bonds is 1. The number of aromatic nitrogens is 1. The van der Waals surface area contributed by atoms with Gasteiger partial charge >= 0.3 is 5.97 Å². The summed E-state index contributed by atoms with van der Waals surface area (Å²) in [4.78, 5) is 14.4. The molecule has 0 unspecified atom stereocenters. The van der Waals surface area contributed by atoms with Crippen LogP contribution in [-0.4, -0.2) is 16.1 Å². The molecule has 14 heavy (non-hydrogen) atoms. The van der Waals surface area contributed by atoms with Crippen molar-refractivity contribution in [3.8, 4) is 0 Å². The maximum atomic E-state index is 10.6. The van der Waals surface area contributed by atoms with Gasteiger partial charge in [0.1, 0.15) is 5.69 Å². The number of fused-ring (bicyclic) bond motifs is 1. The maximum Gasteiger partial charge on any atom is 0.354 e. The van der Waals surface area contributed by atoms with E-state index in [2.05, 4.69) is 4.98 Å². The zero-order valence-corrected chi connectivity index (χ0v) is 9.50. The predicted molar refractivity (Wildman–Crippen MR) is 48.7 cm³/mol. The number of aromatic carboxylic acids is 1. The molecule has 2 rings (SSSR count). The molecular weight excluding hydrogens is 358 g/mol. The first kappa shape index (κ1) is 10.8. The molecule has 2 aromatic rings. The summed E-state index contributed by atoms with van der Waals surface area (Å²) >= 11 is 0. The molecule has 0 bridgehead atoms. The number of benzene rings is 1. The Hall–Kier alpha value is -1.25. The van der Waals surface area contributed by atoms with Gasteiger partial charge in [0.25, 0.3) is 0 Å². The number of hydrogen-bond acceptors (Lipinski definition) is 2. The molecule has 1 aromatic heterocycles. The molecule has 0 saturated carbocycles. The Morgan fingerprint density at radius 3 is 2.50 bits per heavy atom. The van der Waals surface area contributed by atoms with Crippen molar-refractivity contribution in [1.82, 2.24) is 4.98 Å². The van der Waals surface area contributed by atoms with Crippen molar-refractivity contribution in [2.75, 3.05) is 0 Å². The summed E-state index contributed by atoms with van der Waals surface area (Å²) in [6.45, 7) is 0. The van der Waals surface area contributed by atoms with Crippen molar-refractivity contribution < 1.29 is 30.0 Å². The van der Waals surface area contributed by atoms with E-state index >= 15 is 0 Å². The molecule has 0 aliphatic heterocycles. The molecule has 1 radical (unpaired) electrons. The van der Waals surface area contributed by atoms with Crippen molar-refractivity contribution in [3.63, 3.8) is 0 Å². The molecule has 0 aliphatic rings. The van der Waals surface area contributed by atoms with E-state index in [4.69, 9.17) is 5.11 Å². The Labute approximate surface area is 94.1 Å². The third-order valence-electron chi connectivity index (χ3n) is 1.85.